The van der Waals surface area contributed by atoms with Gasteiger partial charge < -0.3 is 15.8 Å². The number of nitrogens with one attached hydrogen (secondary N) is 1. The van der Waals surface area contributed by atoms with Crippen molar-refractivity contribution in [2.45, 2.75) is 26.5 Å². The lowest BCUT2D eigenvalue weighted by molar-refractivity contribution is 0.100. The van der Waals surface area contributed by atoms with E-state index >= 15 is 0 Å². The molecule has 4 heteroatoms. The Kier molecular flexibility index (Phi) is 4.82. The zero-order valence-corrected chi connectivity index (χ0v) is 12.3. The van der Waals surface area contributed by atoms with E-state index in [-0.39, 0.29) is 6.10 Å². The van der Waals surface area contributed by atoms with Gasteiger partial charge in [0.1, 0.15) is 5.75 Å². The second kappa shape index (κ2) is 6.79. The number of rotatable bonds is 6. The van der Waals surface area contributed by atoms with E-state index in [1.54, 1.807) is 12.1 Å². The first kappa shape index (κ1) is 14.9. The first-order chi connectivity index (χ1) is 10.0. The van der Waals surface area contributed by atoms with Crippen molar-refractivity contribution in [1.29, 1.82) is 0 Å². The lowest BCUT2D eigenvalue weighted by Gasteiger charge is -2.11. The summed E-state index contributed by atoms with van der Waals surface area (Å²) in [7, 11) is 0. The predicted octanol–water partition coefficient (Wildman–Crippen LogP) is 3.18. The van der Waals surface area contributed by atoms with E-state index in [9.17, 15) is 4.79 Å². The van der Waals surface area contributed by atoms with Crippen LogP contribution in [-0.2, 0) is 6.54 Å². The molecule has 2 rings (SSSR count). The molecule has 0 fully saturated rings. The zero-order valence-electron chi connectivity index (χ0n) is 12.3. The molecule has 0 atom stereocenters. The van der Waals surface area contributed by atoms with Crippen LogP contribution in [-0.4, -0.2) is 12.0 Å². The molecule has 0 saturated heterocycles. The lowest BCUT2D eigenvalue weighted by Crippen LogP contribution is -2.11. The van der Waals surface area contributed by atoms with Gasteiger partial charge in [0.25, 0.3) is 0 Å². The summed E-state index contributed by atoms with van der Waals surface area (Å²) in [6.07, 6.45) is 0.172. The van der Waals surface area contributed by atoms with Gasteiger partial charge in [0, 0.05) is 17.8 Å². The van der Waals surface area contributed by atoms with Crippen LogP contribution in [0.25, 0.3) is 0 Å². The average molecular weight is 284 g/mol. The van der Waals surface area contributed by atoms with Crippen LogP contribution in [0.5, 0.6) is 5.75 Å². The summed E-state index contributed by atoms with van der Waals surface area (Å²) in [6.45, 7) is 4.67. The van der Waals surface area contributed by atoms with Crippen LogP contribution in [0.4, 0.5) is 5.69 Å². The van der Waals surface area contributed by atoms with Gasteiger partial charge in [-0.25, -0.2) is 0 Å². The Labute approximate surface area is 124 Å². The van der Waals surface area contributed by atoms with E-state index < -0.39 is 5.91 Å². The first-order valence-corrected chi connectivity index (χ1v) is 6.94. The zero-order chi connectivity index (χ0) is 15.2. The van der Waals surface area contributed by atoms with Crippen molar-refractivity contribution in [3.8, 4) is 5.75 Å². The molecule has 4 nitrogen and oxygen atoms in total. The third-order valence-electron chi connectivity index (χ3n) is 2.94. The van der Waals surface area contributed by atoms with E-state index in [0.717, 1.165) is 17.0 Å². The third kappa shape index (κ3) is 4.53. The molecule has 2 aromatic rings. The SMILES string of the molecule is CC(C)Oc1ccc(CNc2cccc(C(N)=O)c2)cc1. The quantitative estimate of drug-likeness (QED) is 0.856. The molecule has 0 aromatic heterocycles. The Hall–Kier alpha value is -2.49. The van der Waals surface area contributed by atoms with Crippen molar-refractivity contribution in [2.75, 3.05) is 5.32 Å². The van der Waals surface area contributed by atoms with Crippen molar-refractivity contribution in [3.63, 3.8) is 0 Å². The number of ether oxygens (including phenoxy) is 1. The van der Waals surface area contributed by atoms with Crippen LogP contribution in [0.15, 0.2) is 48.5 Å². The Morgan fingerprint density at radius 1 is 1.19 bits per heavy atom. The van der Waals surface area contributed by atoms with Crippen molar-refractivity contribution in [2.24, 2.45) is 5.73 Å². The average Bonchev–Trinajstić information content (AvgIpc) is 2.46. The highest BCUT2D eigenvalue weighted by Crippen LogP contribution is 2.16. The standard InChI is InChI=1S/C17H20N2O2/c1-12(2)21-16-8-6-13(7-9-16)11-19-15-5-3-4-14(10-15)17(18)20/h3-10,12,19H,11H2,1-2H3,(H2,18,20). The summed E-state index contributed by atoms with van der Waals surface area (Å²) in [5.74, 6) is 0.443. The maximum atomic E-state index is 11.1. The highest BCUT2D eigenvalue weighted by Gasteiger charge is 2.02. The second-order valence-corrected chi connectivity index (χ2v) is 5.11. The molecule has 0 radical (unpaired) electrons. The van der Waals surface area contributed by atoms with Gasteiger partial charge in [0.15, 0.2) is 0 Å². The normalized spacial score (nSPS) is 10.4. The van der Waals surface area contributed by atoms with E-state index in [2.05, 4.69) is 5.32 Å². The third-order valence-corrected chi connectivity index (χ3v) is 2.94. The molecule has 0 aliphatic heterocycles. The molecule has 0 aliphatic carbocycles. The minimum atomic E-state index is -0.422. The molecule has 0 heterocycles. The van der Waals surface area contributed by atoms with Crippen LogP contribution in [0.2, 0.25) is 0 Å². The molecular formula is C17H20N2O2. The van der Waals surface area contributed by atoms with E-state index in [0.29, 0.717) is 12.1 Å². The topological polar surface area (TPSA) is 64.3 Å². The van der Waals surface area contributed by atoms with Crippen molar-refractivity contribution in [1.82, 2.24) is 0 Å². The maximum absolute atomic E-state index is 11.1. The Morgan fingerprint density at radius 3 is 2.52 bits per heavy atom. The molecule has 110 valence electrons. The Morgan fingerprint density at radius 2 is 1.90 bits per heavy atom. The summed E-state index contributed by atoms with van der Waals surface area (Å²) in [5.41, 5.74) is 7.77. The van der Waals surface area contributed by atoms with Gasteiger partial charge in [-0.2, -0.15) is 0 Å². The Balaban J connectivity index is 1.96. The predicted molar refractivity (Wildman–Crippen MR) is 84.5 cm³/mol. The molecule has 0 bridgehead atoms. The molecule has 0 spiro atoms. The lowest BCUT2D eigenvalue weighted by atomic mass is 10.1. The summed E-state index contributed by atoms with van der Waals surface area (Å²) < 4.78 is 5.60. The smallest absolute Gasteiger partial charge is 0.248 e. The van der Waals surface area contributed by atoms with Gasteiger partial charge in [0.05, 0.1) is 6.10 Å². The first-order valence-electron chi connectivity index (χ1n) is 6.94. The summed E-state index contributed by atoms with van der Waals surface area (Å²) in [4.78, 5) is 11.1. The number of hydrogen-bond acceptors (Lipinski definition) is 3. The van der Waals surface area contributed by atoms with E-state index in [4.69, 9.17) is 10.5 Å². The molecular weight excluding hydrogens is 264 g/mol. The van der Waals surface area contributed by atoms with Crippen LogP contribution < -0.4 is 15.8 Å². The highest BCUT2D eigenvalue weighted by atomic mass is 16.5. The number of hydrogen-bond donors (Lipinski definition) is 2. The fraction of sp³-hybridized carbons (Fsp3) is 0.235. The van der Waals surface area contributed by atoms with Crippen molar-refractivity contribution >= 4 is 11.6 Å². The summed E-state index contributed by atoms with van der Waals surface area (Å²) >= 11 is 0. The molecule has 2 aromatic carbocycles. The van der Waals surface area contributed by atoms with Crippen LogP contribution in [0, 0.1) is 0 Å². The molecule has 1 amide bonds. The fourth-order valence-corrected chi connectivity index (χ4v) is 1.94. The number of anilines is 1. The molecule has 0 unspecified atom stereocenters. The van der Waals surface area contributed by atoms with Gasteiger partial charge >= 0.3 is 0 Å². The number of carbonyl (C=O) groups is 1. The number of carbonyl (C=O) groups excluding carboxylic acids is 1. The largest absolute Gasteiger partial charge is 0.491 e. The van der Waals surface area contributed by atoms with Gasteiger partial charge in [-0.3, -0.25) is 4.79 Å². The summed E-state index contributed by atoms with van der Waals surface area (Å²) in [5, 5.41) is 3.27. The minimum absolute atomic E-state index is 0.172. The van der Waals surface area contributed by atoms with Crippen LogP contribution in [0.3, 0.4) is 0 Å². The van der Waals surface area contributed by atoms with E-state index in [1.165, 1.54) is 0 Å². The van der Waals surface area contributed by atoms with Crippen molar-refractivity contribution < 1.29 is 9.53 Å². The van der Waals surface area contributed by atoms with Gasteiger partial charge in [-0.15, -0.1) is 0 Å². The van der Waals surface area contributed by atoms with Gasteiger partial charge in [-0.05, 0) is 49.7 Å². The molecule has 21 heavy (non-hydrogen) atoms. The number of benzene rings is 2. The van der Waals surface area contributed by atoms with E-state index in [1.807, 2.05) is 50.2 Å². The Bertz CT molecular complexity index is 606. The molecule has 0 aliphatic rings. The van der Waals surface area contributed by atoms with Gasteiger partial charge in [-0.1, -0.05) is 18.2 Å². The second-order valence-electron chi connectivity index (χ2n) is 5.11. The van der Waals surface area contributed by atoms with Crippen LogP contribution >= 0.6 is 0 Å². The summed E-state index contributed by atoms with van der Waals surface area (Å²) in [6, 6.07) is 15.1. The number of nitrogens with two attached hydrogens (primary N) is 1. The van der Waals surface area contributed by atoms with Gasteiger partial charge in [0.2, 0.25) is 5.91 Å². The number of primary amides is 1. The van der Waals surface area contributed by atoms with Crippen LogP contribution in [0.1, 0.15) is 29.8 Å². The molecule has 3 N–H and O–H groups in total. The molecule has 0 saturated carbocycles. The fourth-order valence-electron chi connectivity index (χ4n) is 1.94. The maximum Gasteiger partial charge on any atom is 0.248 e. The monoisotopic (exact) mass is 284 g/mol. The number of amides is 1. The highest BCUT2D eigenvalue weighted by molar-refractivity contribution is 5.93. The minimum Gasteiger partial charge on any atom is -0.491 e. The van der Waals surface area contributed by atoms with Crippen molar-refractivity contribution in [3.05, 3.63) is 59.7 Å².